The van der Waals surface area contributed by atoms with Gasteiger partial charge in [0.25, 0.3) is 5.24 Å². The third kappa shape index (κ3) is 35.1. The van der Waals surface area contributed by atoms with Gasteiger partial charge in [-0.15, -0.1) is 30.6 Å². The molecule has 7 aromatic carbocycles. The van der Waals surface area contributed by atoms with Crippen molar-refractivity contribution in [3.05, 3.63) is 218 Å². The lowest BCUT2D eigenvalue weighted by atomic mass is 9.80. The molecular formula is C83H95BBrClN12O21S4. The molecule has 6 heterocycles. The number of ether oxygens (including phenoxy) is 7. The second-order valence-electron chi connectivity index (χ2n) is 26.4. The molecule has 3 aliphatic rings. The molecule has 0 saturated carbocycles. The summed E-state index contributed by atoms with van der Waals surface area (Å²) in [6, 6.07) is 49.0. The second kappa shape index (κ2) is 54.4. The van der Waals surface area contributed by atoms with Gasteiger partial charge >= 0.3 is 31.0 Å². The number of nitrogens with one attached hydrogen (secondary N) is 1. The Bertz CT molecular complexity index is 4930. The lowest BCUT2D eigenvalue weighted by Gasteiger charge is -2.26. The predicted octanol–water partition coefficient (Wildman–Crippen LogP) is 8.27. The Labute approximate surface area is 740 Å². The molecular weight excluding hydrogens is 1760 g/mol. The van der Waals surface area contributed by atoms with E-state index in [9.17, 15) is 43.5 Å². The number of thiocarbonyl (C=S) groups is 1. The highest BCUT2D eigenvalue weighted by Crippen LogP contribution is 2.33. The molecule has 33 nitrogen and oxygen atoms in total. The Kier molecular flexibility index (Phi) is 44.9. The van der Waals surface area contributed by atoms with E-state index in [0.29, 0.717) is 56.7 Å². The number of methoxy groups -OCH3 is 4. The number of carbonyl (C=O) groups excluding carboxylic acids is 8. The zero-order valence-corrected chi connectivity index (χ0v) is 73.4. The van der Waals surface area contributed by atoms with E-state index < -0.39 is 60.7 Å². The summed E-state index contributed by atoms with van der Waals surface area (Å²) in [5.41, 5.74) is 26.8. The van der Waals surface area contributed by atoms with E-state index in [4.69, 9.17) is 73.2 Å². The Morgan fingerprint density at radius 3 is 1.20 bits per heavy atom. The van der Waals surface area contributed by atoms with Crippen molar-refractivity contribution >= 4 is 138 Å². The number of halogens is 2. The number of aromatic nitrogens is 6. The fourth-order valence-corrected chi connectivity index (χ4v) is 13.6. The molecule has 3 saturated heterocycles. The number of esters is 4. The van der Waals surface area contributed by atoms with Crippen LogP contribution in [0.15, 0.2) is 174 Å². The van der Waals surface area contributed by atoms with E-state index in [1.54, 1.807) is 48.5 Å². The number of ketones is 1. The van der Waals surface area contributed by atoms with E-state index in [0.717, 1.165) is 142 Å². The number of aliphatic hydroxyl groups is 3. The van der Waals surface area contributed by atoms with Crippen LogP contribution in [0.4, 0.5) is 0 Å². The first-order chi connectivity index (χ1) is 59.0. The van der Waals surface area contributed by atoms with Crippen molar-refractivity contribution in [3.8, 4) is 52.9 Å². The highest BCUT2D eigenvalue weighted by atomic mass is 79.9. The summed E-state index contributed by atoms with van der Waals surface area (Å²) in [5, 5.41) is 81.7. The number of morpholine rings is 2. The summed E-state index contributed by atoms with van der Waals surface area (Å²) < 4.78 is 34.3. The van der Waals surface area contributed by atoms with Gasteiger partial charge in [0, 0.05) is 110 Å². The Morgan fingerprint density at radius 1 is 0.569 bits per heavy atom. The van der Waals surface area contributed by atoms with Gasteiger partial charge in [0.15, 0.2) is 16.0 Å². The average Bonchev–Trinajstić information content (AvgIpc) is 1.72. The third-order valence-electron chi connectivity index (χ3n) is 17.7. The lowest BCUT2D eigenvalue weighted by Crippen LogP contribution is -2.40. The van der Waals surface area contributed by atoms with Crippen molar-refractivity contribution in [1.82, 2.24) is 45.9 Å². The molecule has 0 aliphatic carbocycles. The lowest BCUT2D eigenvalue weighted by molar-refractivity contribution is -0.144. The van der Waals surface area contributed by atoms with E-state index >= 15 is 0 Å². The van der Waals surface area contributed by atoms with E-state index in [-0.39, 0.29) is 24.1 Å². The molecule has 3 aliphatic heterocycles. The zero-order valence-electron chi connectivity index (χ0n) is 67.8. The summed E-state index contributed by atoms with van der Waals surface area (Å²) in [5.74, 6) is -3.84. The van der Waals surface area contributed by atoms with Crippen molar-refractivity contribution in [1.29, 1.82) is 0 Å². The van der Waals surface area contributed by atoms with Crippen LogP contribution in [0.25, 0.3) is 52.9 Å². The first-order valence-electron chi connectivity index (χ1n) is 37.7. The van der Waals surface area contributed by atoms with Gasteiger partial charge in [-0.05, 0) is 113 Å². The first-order valence-corrected chi connectivity index (χ1v) is 41.7. The number of nitrogens with two attached hydrogens (primary N) is 3. The summed E-state index contributed by atoms with van der Waals surface area (Å²) >= 11 is 17.3. The van der Waals surface area contributed by atoms with Crippen LogP contribution in [0.3, 0.4) is 0 Å². The van der Waals surface area contributed by atoms with E-state index in [2.05, 4.69) is 131 Å². The Balaban J connectivity index is 0.000000236. The van der Waals surface area contributed by atoms with E-state index in [1.165, 1.54) is 141 Å². The van der Waals surface area contributed by atoms with Crippen LogP contribution in [0.5, 0.6) is 0 Å². The molecule has 0 spiro atoms. The van der Waals surface area contributed by atoms with Gasteiger partial charge in [0.1, 0.15) is 37.4 Å². The minimum absolute atomic E-state index is 0.214. The Morgan fingerprint density at radius 2 is 0.927 bits per heavy atom. The molecule has 654 valence electrons. The predicted molar refractivity (Wildman–Crippen MR) is 472 cm³/mol. The molecule has 13 rings (SSSR count). The monoisotopic (exact) mass is 1850 g/mol. The normalized spacial score (nSPS) is 14.2. The number of aliphatic hydroxyl groups excluding tert-OH is 3. The summed E-state index contributed by atoms with van der Waals surface area (Å²) in [6.45, 7) is 12.8. The highest BCUT2D eigenvalue weighted by molar-refractivity contribution is 9.11. The van der Waals surface area contributed by atoms with Gasteiger partial charge in [-0.2, -0.15) is 0 Å². The topological polar surface area (TPSA) is 496 Å². The van der Waals surface area contributed by atoms with Crippen LogP contribution in [0, 0.1) is 5.92 Å². The largest absolute Gasteiger partial charge is 0.488 e. The maximum atomic E-state index is 12.6. The second-order valence-corrected chi connectivity index (χ2v) is 31.5. The summed E-state index contributed by atoms with van der Waals surface area (Å²) in [6.07, 6.45) is -0.0520. The standard InChI is InChI=1S/C25H28N4O5S.C21H21N3O3S.C10H7BrN2O2S.C9H7ClO3.C7H7BO3.C5H11NO3.C4H8O2.C2H6N2S/c1-16(30)21(23(32)28-33)14-22(31)18-6-8-20(9-7-18)25-27-26-24(35-25)19-4-2-17(3-5-19)15-29-10-12-34-13-11-29;1-26-21(25)18-8-6-17(7-9-18)20-23-22-19(28-20)16-4-2-15(3-5-16)14-24-10-12-27-13-11-24;1-15-9(14)7-4-2-6(3-5-7)8-12-13-10(11)16-8;1-13-9(12)7-4-2-6(3-5-7)8(10)11;9-5-6-1-3-7(4-2-6)8(10)11;1-3(7)4(6)5(8)9-2;5-4-2-1-3-6-4;3-1-2(4)5/h2-9,16,21,30,33H,10-15H2,1H3,(H,28,32);2-9H,10-14H2,1H3;2-5H,1H3;2-5H,1H3;1-5,10-11H;3-4,7H,6H2,1-2H3;4-5H,1-3H2;1,3H2,(H2,4,5)/t16-,21+;;;;;3-,4+;;/m1....1../s1. The number of hydrogen-bond donors (Lipinski definition) is 10. The molecule has 40 heteroatoms. The number of hydrogen-bond acceptors (Lipinski definition) is 35. The molecule has 3 aromatic heterocycles. The SMILES string of the molecule is COC(=O)[C@@H](N)[C@@H](C)O.COC(=O)c1ccc(-c2nnc(-c3ccc(CN4CCOCC4)cc3)s2)cc1.COC(=O)c1ccc(-c2nnc(Br)s2)cc1.COC(=O)c1ccc(C(=O)Cl)cc1.C[C@@H](O)[C@H](CC(=O)c1ccc(-c2nnc(-c3ccc(CN4CCOCC4)cc3)s2)cc1)C(=O)NO.NCC(N)=S.O=Cc1ccc(B(O)O)cc1.OC1CCCO1. The van der Waals surface area contributed by atoms with Crippen molar-refractivity contribution in [3.63, 3.8) is 0 Å². The molecule has 123 heavy (non-hydrogen) atoms. The molecule has 0 bridgehead atoms. The maximum absolute atomic E-state index is 12.6. The van der Waals surface area contributed by atoms with Crippen LogP contribution >= 0.6 is 73.8 Å². The van der Waals surface area contributed by atoms with Gasteiger partial charge in [-0.1, -0.05) is 168 Å². The number of rotatable bonds is 23. The number of aldehydes is 1. The molecule has 0 radical (unpaired) electrons. The van der Waals surface area contributed by atoms with Crippen molar-refractivity contribution in [2.75, 3.05) is 94.2 Å². The number of nitrogens with zero attached hydrogens (tertiary/aromatic N) is 8. The number of carbonyl (C=O) groups is 8. The fourth-order valence-electron chi connectivity index (χ4n) is 10.7. The van der Waals surface area contributed by atoms with Crippen molar-refractivity contribution < 1.29 is 102 Å². The van der Waals surface area contributed by atoms with Crippen molar-refractivity contribution in [2.45, 2.75) is 70.7 Å². The van der Waals surface area contributed by atoms with Crippen LogP contribution in [0.1, 0.15) is 106 Å². The first kappa shape index (κ1) is 102. The molecule has 10 aromatic rings. The summed E-state index contributed by atoms with van der Waals surface area (Å²) in [7, 11) is 3.79. The van der Waals surface area contributed by atoms with Crippen LogP contribution in [0.2, 0.25) is 0 Å². The van der Waals surface area contributed by atoms with Gasteiger partial charge in [-0.25, -0.2) is 19.9 Å². The van der Waals surface area contributed by atoms with E-state index in [1.807, 2.05) is 24.3 Å². The minimum atomic E-state index is -1.46. The average molecular weight is 1850 g/mol. The smallest absolute Gasteiger partial charge is 0.468 e. The van der Waals surface area contributed by atoms with Crippen LogP contribution in [-0.4, -0.2) is 249 Å². The molecule has 1 amide bonds. The van der Waals surface area contributed by atoms with Gasteiger partial charge in [0.2, 0.25) is 5.91 Å². The molecule has 13 N–H and O–H groups in total. The van der Waals surface area contributed by atoms with Crippen LogP contribution < -0.4 is 28.1 Å². The molecule has 1 unspecified atom stereocenters. The minimum Gasteiger partial charge on any atom is -0.468 e. The molecule has 3 fully saturated rings. The van der Waals surface area contributed by atoms with Gasteiger partial charge in [-0.3, -0.25) is 39.0 Å². The van der Waals surface area contributed by atoms with Gasteiger partial charge < -0.3 is 75.7 Å². The fraction of sp³-hybridized carbons (Fsp3) is 0.313. The molecule has 5 atom stereocenters. The van der Waals surface area contributed by atoms with Gasteiger partial charge in [0.05, 0.1) is 94.7 Å². The number of benzene rings is 7. The third-order valence-corrected chi connectivity index (χ3v) is 21.5. The quantitative estimate of drug-likeness (QED) is 0.00331. The number of Topliss-reactive ketones (excluding diaryl/α,β-unsaturated/α-hetero) is 1. The zero-order chi connectivity index (χ0) is 89.9. The number of amides is 1. The summed E-state index contributed by atoms with van der Waals surface area (Å²) in [4.78, 5) is 94.4. The van der Waals surface area contributed by atoms with Crippen molar-refractivity contribution in [2.24, 2.45) is 23.1 Å². The maximum Gasteiger partial charge on any atom is 0.488 e. The highest BCUT2D eigenvalue weighted by Gasteiger charge is 2.28. The number of hydroxylamine groups is 1. The van der Waals surface area contributed by atoms with Crippen LogP contribution in [-0.2, 0) is 55.8 Å². The Hall–Kier alpha value is -10.2.